The fraction of sp³-hybridized carbons (Fsp3) is 0.333. The maximum Gasteiger partial charge on any atom is 0.119 e. The second-order valence-electron chi connectivity index (χ2n) is 3.14. The number of benzene rings is 1. The summed E-state index contributed by atoms with van der Waals surface area (Å²) in [6.45, 7) is 2.25. The Morgan fingerprint density at radius 2 is 2.21 bits per heavy atom. The Balaban J connectivity index is 2.83. The monoisotopic (exact) mass is 192 g/mol. The highest BCUT2D eigenvalue weighted by Gasteiger charge is 1.96. The summed E-state index contributed by atoms with van der Waals surface area (Å²) in [5, 5.41) is 8.64. The van der Waals surface area contributed by atoms with Crippen LogP contribution in [-0.2, 0) is 0 Å². The molecule has 0 aliphatic rings. The summed E-state index contributed by atoms with van der Waals surface area (Å²) in [5.74, 6) is 0.860. The SMILES string of the molecule is COc1ccc(C)c(C=CCCO)c1. The Bertz CT molecular complexity index is 316. The van der Waals surface area contributed by atoms with Crippen LogP contribution >= 0.6 is 0 Å². The van der Waals surface area contributed by atoms with E-state index in [0.29, 0.717) is 6.42 Å². The van der Waals surface area contributed by atoms with Crippen LogP contribution in [0.2, 0.25) is 0 Å². The van der Waals surface area contributed by atoms with E-state index in [4.69, 9.17) is 9.84 Å². The molecular weight excluding hydrogens is 176 g/mol. The Morgan fingerprint density at radius 3 is 2.86 bits per heavy atom. The lowest BCUT2D eigenvalue weighted by molar-refractivity contribution is 0.303. The summed E-state index contributed by atoms with van der Waals surface area (Å²) in [5.41, 5.74) is 2.35. The van der Waals surface area contributed by atoms with E-state index in [9.17, 15) is 0 Å². The molecule has 0 atom stereocenters. The van der Waals surface area contributed by atoms with Gasteiger partial charge < -0.3 is 9.84 Å². The largest absolute Gasteiger partial charge is 0.497 e. The van der Waals surface area contributed by atoms with Gasteiger partial charge in [0.1, 0.15) is 5.75 Å². The van der Waals surface area contributed by atoms with Gasteiger partial charge in [-0.1, -0.05) is 18.2 Å². The standard InChI is InChI=1S/C12H16O2/c1-10-6-7-12(14-2)9-11(10)5-3-4-8-13/h3,5-7,9,13H,4,8H2,1-2H3. The average Bonchev–Trinajstić information content (AvgIpc) is 2.21. The Labute approximate surface area is 84.8 Å². The molecule has 1 N–H and O–H groups in total. The molecule has 2 nitrogen and oxygen atoms in total. The van der Waals surface area contributed by atoms with Crippen molar-refractivity contribution in [3.05, 3.63) is 35.4 Å². The number of aliphatic hydroxyl groups excluding tert-OH is 1. The van der Waals surface area contributed by atoms with Crippen LogP contribution in [0.15, 0.2) is 24.3 Å². The molecule has 1 aromatic rings. The molecule has 0 bridgehead atoms. The Kier molecular flexibility index (Phi) is 4.20. The van der Waals surface area contributed by atoms with Crippen LogP contribution in [0.5, 0.6) is 5.75 Å². The molecule has 0 radical (unpaired) electrons. The Morgan fingerprint density at radius 1 is 1.43 bits per heavy atom. The van der Waals surface area contributed by atoms with Gasteiger partial charge in [-0.25, -0.2) is 0 Å². The quantitative estimate of drug-likeness (QED) is 0.793. The maximum atomic E-state index is 8.64. The number of hydrogen-bond acceptors (Lipinski definition) is 2. The Hall–Kier alpha value is -1.28. The molecule has 0 fully saturated rings. The van der Waals surface area contributed by atoms with Crippen molar-refractivity contribution in [1.82, 2.24) is 0 Å². The average molecular weight is 192 g/mol. The first-order valence-corrected chi connectivity index (χ1v) is 4.70. The van der Waals surface area contributed by atoms with Gasteiger partial charge in [0, 0.05) is 6.61 Å². The van der Waals surface area contributed by atoms with E-state index in [1.807, 2.05) is 30.4 Å². The molecule has 76 valence electrons. The first kappa shape index (κ1) is 10.8. The van der Waals surface area contributed by atoms with Gasteiger partial charge in [-0.3, -0.25) is 0 Å². The van der Waals surface area contributed by atoms with Crippen LogP contribution in [0.3, 0.4) is 0 Å². The van der Waals surface area contributed by atoms with Crippen molar-refractivity contribution in [2.45, 2.75) is 13.3 Å². The van der Waals surface area contributed by atoms with Gasteiger partial charge in [0.25, 0.3) is 0 Å². The zero-order valence-electron chi connectivity index (χ0n) is 8.66. The summed E-state index contributed by atoms with van der Waals surface area (Å²) in [4.78, 5) is 0. The van der Waals surface area contributed by atoms with Crippen molar-refractivity contribution < 1.29 is 9.84 Å². The molecule has 0 saturated carbocycles. The fourth-order valence-corrected chi connectivity index (χ4v) is 1.21. The summed E-state index contributed by atoms with van der Waals surface area (Å²) in [6.07, 6.45) is 4.66. The van der Waals surface area contributed by atoms with Gasteiger partial charge in [0.05, 0.1) is 7.11 Å². The van der Waals surface area contributed by atoms with E-state index >= 15 is 0 Å². The van der Waals surface area contributed by atoms with Crippen molar-refractivity contribution >= 4 is 6.08 Å². The predicted molar refractivity (Wildman–Crippen MR) is 58.5 cm³/mol. The maximum absolute atomic E-state index is 8.64. The van der Waals surface area contributed by atoms with E-state index in [2.05, 4.69) is 6.92 Å². The fourth-order valence-electron chi connectivity index (χ4n) is 1.21. The van der Waals surface area contributed by atoms with Gasteiger partial charge in [-0.15, -0.1) is 0 Å². The van der Waals surface area contributed by atoms with Crippen molar-refractivity contribution in [2.75, 3.05) is 13.7 Å². The van der Waals surface area contributed by atoms with E-state index in [0.717, 1.165) is 11.3 Å². The molecule has 0 amide bonds. The number of rotatable bonds is 4. The van der Waals surface area contributed by atoms with Crippen LogP contribution in [0, 0.1) is 6.92 Å². The summed E-state index contributed by atoms with van der Waals surface area (Å²) in [7, 11) is 1.66. The molecule has 1 rings (SSSR count). The zero-order valence-corrected chi connectivity index (χ0v) is 8.66. The molecule has 0 spiro atoms. The number of aryl methyl sites for hydroxylation is 1. The number of aliphatic hydroxyl groups is 1. The molecule has 0 aromatic heterocycles. The van der Waals surface area contributed by atoms with Crippen molar-refractivity contribution in [2.24, 2.45) is 0 Å². The minimum Gasteiger partial charge on any atom is -0.497 e. The van der Waals surface area contributed by atoms with Crippen molar-refractivity contribution in [3.63, 3.8) is 0 Å². The minimum absolute atomic E-state index is 0.194. The molecule has 0 heterocycles. The van der Waals surface area contributed by atoms with Gasteiger partial charge in [-0.2, -0.15) is 0 Å². The molecule has 0 saturated heterocycles. The van der Waals surface area contributed by atoms with Crippen LogP contribution in [0.25, 0.3) is 6.08 Å². The van der Waals surface area contributed by atoms with Gasteiger partial charge in [0.2, 0.25) is 0 Å². The predicted octanol–water partition coefficient (Wildman–Crippen LogP) is 2.40. The van der Waals surface area contributed by atoms with E-state index in [1.54, 1.807) is 7.11 Å². The second-order valence-corrected chi connectivity index (χ2v) is 3.14. The smallest absolute Gasteiger partial charge is 0.119 e. The van der Waals surface area contributed by atoms with Crippen LogP contribution in [-0.4, -0.2) is 18.8 Å². The lowest BCUT2D eigenvalue weighted by Gasteiger charge is -2.04. The molecule has 14 heavy (non-hydrogen) atoms. The number of methoxy groups -OCH3 is 1. The van der Waals surface area contributed by atoms with Gasteiger partial charge >= 0.3 is 0 Å². The van der Waals surface area contributed by atoms with Gasteiger partial charge in [-0.05, 0) is 36.6 Å². The highest BCUT2D eigenvalue weighted by molar-refractivity contribution is 5.55. The molecule has 0 aliphatic carbocycles. The third kappa shape index (κ3) is 2.89. The summed E-state index contributed by atoms with van der Waals surface area (Å²) in [6, 6.07) is 5.96. The third-order valence-electron chi connectivity index (χ3n) is 2.08. The number of hydrogen-bond donors (Lipinski definition) is 1. The van der Waals surface area contributed by atoms with E-state index in [1.165, 1.54) is 5.56 Å². The molecule has 2 heteroatoms. The highest BCUT2D eigenvalue weighted by Crippen LogP contribution is 2.18. The van der Waals surface area contributed by atoms with E-state index < -0.39 is 0 Å². The lowest BCUT2D eigenvalue weighted by atomic mass is 10.1. The van der Waals surface area contributed by atoms with Gasteiger partial charge in [0.15, 0.2) is 0 Å². The van der Waals surface area contributed by atoms with Crippen molar-refractivity contribution in [3.8, 4) is 5.75 Å². The highest BCUT2D eigenvalue weighted by atomic mass is 16.5. The normalized spacial score (nSPS) is 10.8. The topological polar surface area (TPSA) is 29.5 Å². The summed E-state index contributed by atoms with van der Waals surface area (Å²) >= 11 is 0. The molecule has 1 aromatic carbocycles. The lowest BCUT2D eigenvalue weighted by Crippen LogP contribution is -1.86. The molecular formula is C12H16O2. The van der Waals surface area contributed by atoms with Crippen LogP contribution in [0.4, 0.5) is 0 Å². The minimum atomic E-state index is 0.194. The molecule has 0 unspecified atom stereocenters. The van der Waals surface area contributed by atoms with Crippen LogP contribution < -0.4 is 4.74 Å². The van der Waals surface area contributed by atoms with Crippen LogP contribution in [0.1, 0.15) is 17.5 Å². The van der Waals surface area contributed by atoms with Crippen molar-refractivity contribution in [1.29, 1.82) is 0 Å². The number of ether oxygens (including phenoxy) is 1. The van der Waals surface area contributed by atoms with E-state index in [-0.39, 0.29) is 6.61 Å². The first-order chi connectivity index (χ1) is 6.77. The zero-order chi connectivity index (χ0) is 10.4. The second kappa shape index (κ2) is 5.45. The molecule has 0 aliphatic heterocycles. The summed E-state index contributed by atoms with van der Waals surface area (Å²) < 4.78 is 5.13. The third-order valence-corrected chi connectivity index (χ3v) is 2.08. The first-order valence-electron chi connectivity index (χ1n) is 4.70.